The lowest BCUT2D eigenvalue weighted by molar-refractivity contribution is -0.257. The molecule has 0 atom stereocenters. The van der Waals surface area contributed by atoms with E-state index in [1.165, 1.54) is 23.9 Å². The Morgan fingerprint density at radius 1 is 1.32 bits per heavy atom. The van der Waals surface area contributed by atoms with Crippen LogP contribution in [0, 0.1) is 5.82 Å². The van der Waals surface area contributed by atoms with Gasteiger partial charge in [-0.25, -0.2) is 4.39 Å². The standard InChI is InChI=1S/C13H10ClFO3S/c14-10-2-1-3-11(15)9(10)7-19-6-8-4-5-12(18-8)13(16)17/h1-5H,6-7H2,(H,16,17)/p-1. The predicted octanol–water partition coefficient (Wildman–Crippen LogP) is 2.87. The van der Waals surface area contributed by atoms with Crippen molar-refractivity contribution in [3.63, 3.8) is 0 Å². The van der Waals surface area contributed by atoms with Crippen LogP contribution in [0.5, 0.6) is 0 Å². The third-order valence-corrected chi connectivity index (χ3v) is 3.75. The van der Waals surface area contributed by atoms with Gasteiger partial charge in [-0.2, -0.15) is 0 Å². The number of carboxylic acids is 1. The van der Waals surface area contributed by atoms with Crippen LogP contribution in [-0.4, -0.2) is 5.97 Å². The van der Waals surface area contributed by atoms with Crippen molar-refractivity contribution in [2.75, 3.05) is 0 Å². The van der Waals surface area contributed by atoms with Gasteiger partial charge in [0.1, 0.15) is 23.3 Å². The van der Waals surface area contributed by atoms with Gasteiger partial charge < -0.3 is 14.3 Å². The second-order valence-electron chi connectivity index (χ2n) is 3.75. The Bertz CT molecular complexity index is 577. The first-order valence-corrected chi connectivity index (χ1v) is 6.92. The van der Waals surface area contributed by atoms with Gasteiger partial charge in [-0.1, -0.05) is 17.7 Å². The lowest BCUT2D eigenvalue weighted by atomic mass is 10.2. The molecule has 0 amide bonds. The van der Waals surface area contributed by atoms with Crippen molar-refractivity contribution >= 4 is 29.3 Å². The Morgan fingerprint density at radius 3 is 2.74 bits per heavy atom. The van der Waals surface area contributed by atoms with E-state index in [4.69, 9.17) is 16.0 Å². The first-order chi connectivity index (χ1) is 9.08. The fourth-order valence-electron chi connectivity index (χ4n) is 1.49. The fourth-order valence-corrected chi connectivity index (χ4v) is 2.75. The molecular formula is C13H9ClFO3S-. The third kappa shape index (κ3) is 3.52. The summed E-state index contributed by atoms with van der Waals surface area (Å²) in [5, 5.41) is 10.9. The van der Waals surface area contributed by atoms with E-state index in [1.54, 1.807) is 18.2 Å². The highest BCUT2D eigenvalue weighted by Crippen LogP contribution is 2.26. The summed E-state index contributed by atoms with van der Waals surface area (Å²) in [6.45, 7) is 0. The van der Waals surface area contributed by atoms with E-state index in [2.05, 4.69) is 0 Å². The van der Waals surface area contributed by atoms with Crippen molar-refractivity contribution in [1.82, 2.24) is 0 Å². The monoisotopic (exact) mass is 299 g/mol. The van der Waals surface area contributed by atoms with Crippen LogP contribution < -0.4 is 5.11 Å². The molecule has 1 heterocycles. The average Bonchev–Trinajstić information content (AvgIpc) is 2.82. The highest BCUT2D eigenvalue weighted by atomic mass is 35.5. The number of thioether (sulfide) groups is 1. The minimum atomic E-state index is -1.35. The van der Waals surface area contributed by atoms with Gasteiger partial charge in [0.2, 0.25) is 0 Å². The normalized spacial score (nSPS) is 10.6. The molecule has 3 nitrogen and oxygen atoms in total. The summed E-state index contributed by atoms with van der Waals surface area (Å²) in [6, 6.07) is 7.41. The molecule has 0 saturated heterocycles. The molecule has 1 aromatic heterocycles. The molecule has 0 radical (unpaired) electrons. The van der Waals surface area contributed by atoms with Gasteiger partial charge in [0.05, 0.1) is 5.75 Å². The molecule has 0 aliphatic carbocycles. The van der Waals surface area contributed by atoms with E-state index in [9.17, 15) is 14.3 Å². The van der Waals surface area contributed by atoms with Gasteiger partial charge in [0.15, 0.2) is 0 Å². The molecule has 19 heavy (non-hydrogen) atoms. The fraction of sp³-hybridized carbons (Fsp3) is 0.154. The maximum Gasteiger partial charge on any atom is 0.149 e. The molecule has 0 saturated carbocycles. The van der Waals surface area contributed by atoms with Crippen LogP contribution in [0.1, 0.15) is 21.9 Å². The topological polar surface area (TPSA) is 53.3 Å². The minimum absolute atomic E-state index is 0.209. The van der Waals surface area contributed by atoms with Crippen molar-refractivity contribution in [3.8, 4) is 0 Å². The van der Waals surface area contributed by atoms with Crippen molar-refractivity contribution in [3.05, 3.63) is 58.3 Å². The second-order valence-corrected chi connectivity index (χ2v) is 5.14. The Balaban J connectivity index is 1.94. The predicted molar refractivity (Wildman–Crippen MR) is 69.4 cm³/mol. The number of carbonyl (C=O) groups is 1. The second kappa shape index (κ2) is 6.12. The first-order valence-electron chi connectivity index (χ1n) is 5.38. The molecular weight excluding hydrogens is 291 g/mol. The maximum absolute atomic E-state index is 13.5. The SMILES string of the molecule is O=C([O-])c1ccc(CSCc2c(F)cccc2Cl)o1. The maximum atomic E-state index is 13.5. The molecule has 0 spiro atoms. The molecule has 1 aromatic carbocycles. The van der Waals surface area contributed by atoms with E-state index < -0.39 is 5.97 Å². The molecule has 0 bridgehead atoms. The Morgan fingerprint density at radius 2 is 2.11 bits per heavy atom. The summed E-state index contributed by atoms with van der Waals surface area (Å²) >= 11 is 7.28. The number of aromatic carboxylic acids is 1. The quantitative estimate of drug-likeness (QED) is 0.852. The van der Waals surface area contributed by atoms with E-state index >= 15 is 0 Å². The molecule has 0 aliphatic heterocycles. The molecule has 2 aromatic rings. The summed E-state index contributed by atoms with van der Waals surface area (Å²) in [7, 11) is 0. The third-order valence-electron chi connectivity index (χ3n) is 2.42. The smallest absolute Gasteiger partial charge is 0.149 e. The van der Waals surface area contributed by atoms with Crippen molar-refractivity contribution in [2.45, 2.75) is 11.5 Å². The van der Waals surface area contributed by atoms with E-state index in [0.717, 1.165) is 0 Å². The average molecular weight is 300 g/mol. The number of furan rings is 1. The zero-order valence-electron chi connectivity index (χ0n) is 9.69. The molecule has 6 heteroatoms. The van der Waals surface area contributed by atoms with Crippen LogP contribution in [0.3, 0.4) is 0 Å². The summed E-state index contributed by atoms with van der Waals surface area (Å²) in [6.07, 6.45) is 0. The number of hydrogen-bond acceptors (Lipinski definition) is 4. The Hall–Kier alpha value is -1.46. The zero-order chi connectivity index (χ0) is 13.8. The van der Waals surface area contributed by atoms with Crippen LogP contribution in [0.2, 0.25) is 5.02 Å². The van der Waals surface area contributed by atoms with Gasteiger partial charge in [0, 0.05) is 16.3 Å². The number of halogens is 2. The molecule has 0 aliphatic rings. The van der Waals surface area contributed by atoms with Crippen molar-refractivity contribution < 1.29 is 18.7 Å². The van der Waals surface area contributed by atoms with E-state index in [1.807, 2.05) is 0 Å². The van der Waals surface area contributed by atoms with Crippen LogP contribution >= 0.6 is 23.4 Å². The summed E-state index contributed by atoms with van der Waals surface area (Å²) in [5.74, 6) is -0.607. The van der Waals surface area contributed by atoms with Crippen LogP contribution in [0.15, 0.2) is 34.7 Å². The number of carboxylic acid groups (broad SMARTS) is 1. The van der Waals surface area contributed by atoms with Gasteiger partial charge in [-0.05, 0) is 24.3 Å². The molecule has 0 N–H and O–H groups in total. The first kappa shape index (κ1) is 14.0. The summed E-state index contributed by atoms with van der Waals surface area (Å²) in [5.41, 5.74) is 0.431. The lowest BCUT2D eigenvalue weighted by Crippen LogP contribution is -2.21. The largest absolute Gasteiger partial charge is 0.542 e. The number of hydrogen-bond donors (Lipinski definition) is 0. The Labute approximate surface area is 118 Å². The number of rotatable bonds is 5. The van der Waals surface area contributed by atoms with Gasteiger partial charge in [-0.3, -0.25) is 0 Å². The van der Waals surface area contributed by atoms with Crippen molar-refractivity contribution in [1.29, 1.82) is 0 Å². The molecule has 0 fully saturated rings. The van der Waals surface area contributed by atoms with Gasteiger partial charge in [0.25, 0.3) is 0 Å². The summed E-state index contributed by atoms with van der Waals surface area (Å²) < 4.78 is 18.5. The van der Waals surface area contributed by atoms with E-state index in [-0.39, 0.29) is 11.6 Å². The van der Waals surface area contributed by atoms with Crippen LogP contribution in [-0.2, 0) is 11.5 Å². The van der Waals surface area contributed by atoms with E-state index in [0.29, 0.717) is 27.9 Å². The minimum Gasteiger partial charge on any atom is -0.542 e. The zero-order valence-corrected chi connectivity index (χ0v) is 11.3. The molecule has 100 valence electrons. The summed E-state index contributed by atoms with van der Waals surface area (Å²) in [4.78, 5) is 10.5. The van der Waals surface area contributed by atoms with Crippen LogP contribution in [0.4, 0.5) is 4.39 Å². The highest BCUT2D eigenvalue weighted by molar-refractivity contribution is 7.97. The van der Waals surface area contributed by atoms with Gasteiger partial charge >= 0.3 is 0 Å². The van der Waals surface area contributed by atoms with Gasteiger partial charge in [-0.15, -0.1) is 11.8 Å². The molecule has 0 unspecified atom stereocenters. The number of carbonyl (C=O) groups excluding carboxylic acids is 1. The molecule has 2 rings (SSSR count). The van der Waals surface area contributed by atoms with Crippen LogP contribution in [0.25, 0.3) is 0 Å². The number of benzene rings is 1. The highest BCUT2D eigenvalue weighted by Gasteiger charge is 2.08. The lowest BCUT2D eigenvalue weighted by Gasteiger charge is -2.04. The van der Waals surface area contributed by atoms with Crippen molar-refractivity contribution in [2.24, 2.45) is 0 Å². The Kier molecular flexibility index (Phi) is 4.50.